The third kappa shape index (κ3) is 13.3. The van der Waals surface area contributed by atoms with Crippen LogP contribution in [0.25, 0.3) is 0 Å². The first-order chi connectivity index (χ1) is 9.70. The molecule has 0 aromatic heterocycles. The van der Waals surface area contributed by atoms with Crippen molar-refractivity contribution in [2.45, 2.75) is 19.3 Å². The van der Waals surface area contributed by atoms with Crippen LogP contribution in [0.3, 0.4) is 0 Å². The first-order valence-electron chi connectivity index (χ1n) is 6.95. The molecule has 2 amide bonds. The van der Waals surface area contributed by atoms with Crippen LogP contribution in [0.5, 0.6) is 0 Å². The quantitative estimate of drug-likeness (QED) is 0.389. The van der Waals surface area contributed by atoms with Crippen molar-refractivity contribution in [3.63, 3.8) is 0 Å². The highest BCUT2D eigenvalue weighted by molar-refractivity contribution is 5.78. The highest BCUT2D eigenvalue weighted by Gasteiger charge is 2.04. The largest absolute Gasteiger partial charge is 0.382 e. The standard InChI is InChI=1S/C13H27N3O4/c1-14-6-7-15-12(17)4-3-5-13(18)16-8-9-20-11-10-19-2/h14H,3-11H2,1-2H3,(H,15,17)(H,16,18). The van der Waals surface area contributed by atoms with Crippen LogP contribution in [0.1, 0.15) is 19.3 Å². The first-order valence-corrected chi connectivity index (χ1v) is 6.95. The molecular formula is C13H27N3O4. The fourth-order valence-corrected chi connectivity index (χ4v) is 1.42. The van der Waals surface area contributed by atoms with Crippen LogP contribution in [-0.2, 0) is 19.1 Å². The van der Waals surface area contributed by atoms with Gasteiger partial charge in [-0.25, -0.2) is 0 Å². The Bertz CT molecular complexity index is 262. The van der Waals surface area contributed by atoms with E-state index in [-0.39, 0.29) is 11.8 Å². The van der Waals surface area contributed by atoms with Crippen molar-refractivity contribution in [3.05, 3.63) is 0 Å². The van der Waals surface area contributed by atoms with Gasteiger partial charge in [0.15, 0.2) is 0 Å². The van der Waals surface area contributed by atoms with Crippen molar-refractivity contribution in [3.8, 4) is 0 Å². The molecule has 0 spiro atoms. The molecule has 0 unspecified atom stereocenters. The zero-order valence-electron chi connectivity index (χ0n) is 12.5. The van der Waals surface area contributed by atoms with Gasteiger partial charge in [0.2, 0.25) is 11.8 Å². The SMILES string of the molecule is CNCCNC(=O)CCCC(=O)NCCOCCOC. The van der Waals surface area contributed by atoms with E-state index in [0.717, 1.165) is 6.54 Å². The Balaban J connectivity index is 3.33. The van der Waals surface area contributed by atoms with Crippen molar-refractivity contribution >= 4 is 11.8 Å². The molecule has 118 valence electrons. The average Bonchev–Trinajstić information content (AvgIpc) is 2.43. The Morgan fingerprint density at radius 1 is 0.900 bits per heavy atom. The second-order valence-electron chi connectivity index (χ2n) is 4.26. The number of carbonyl (C=O) groups is 2. The Labute approximate surface area is 120 Å². The zero-order chi connectivity index (χ0) is 15.1. The number of hydrogen-bond donors (Lipinski definition) is 3. The van der Waals surface area contributed by atoms with Crippen LogP contribution < -0.4 is 16.0 Å². The van der Waals surface area contributed by atoms with Gasteiger partial charge in [0.1, 0.15) is 0 Å². The predicted octanol–water partition coefficient (Wildman–Crippen LogP) is -0.728. The summed E-state index contributed by atoms with van der Waals surface area (Å²) in [5.74, 6) is -0.0701. The average molecular weight is 289 g/mol. The van der Waals surface area contributed by atoms with E-state index in [0.29, 0.717) is 52.2 Å². The Hall–Kier alpha value is -1.18. The summed E-state index contributed by atoms with van der Waals surface area (Å²) in [5, 5.41) is 8.44. The highest BCUT2D eigenvalue weighted by Crippen LogP contribution is 1.95. The Morgan fingerprint density at radius 2 is 1.55 bits per heavy atom. The van der Waals surface area contributed by atoms with Crippen molar-refractivity contribution in [1.29, 1.82) is 0 Å². The minimum Gasteiger partial charge on any atom is -0.382 e. The van der Waals surface area contributed by atoms with Crippen LogP contribution in [-0.4, -0.2) is 65.4 Å². The molecule has 0 radical (unpaired) electrons. The van der Waals surface area contributed by atoms with Crippen LogP contribution in [0.2, 0.25) is 0 Å². The van der Waals surface area contributed by atoms with Crippen molar-refractivity contribution < 1.29 is 19.1 Å². The summed E-state index contributed by atoms with van der Waals surface area (Å²) in [5.41, 5.74) is 0. The van der Waals surface area contributed by atoms with Gasteiger partial charge in [-0.1, -0.05) is 0 Å². The molecule has 0 bridgehead atoms. The number of amides is 2. The van der Waals surface area contributed by atoms with Crippen molar-refractivity contribution in [2.24, 2.45) is 0 Å². The molecule has 0 aliphatic rings. The summed E-state index contributed by atoms with van der Waals surface area (Å²) in [6, 6.07) is 0. The molecule has 0 fully saturated rings. The predicted molar refractivity (Wildman–Crippen MR) is 76.5 cm³/mol. The monoisotopic (exact) mass is 289 g/mol. The topological polar surface area (TPSA) is 88.7 Å². The second kappa shape index (κ2) is 14.2. The van der Waals surface area contributed by atoms with Gasteiger partial charge in [-0.2, -0.15) is 0 Å². The fourth-order valence-electron chi connectivity index (χ4n) is 1.42. The molecule has 0 atom stereocenters. The fraction of sp³-hybridized carbons (Fsp3) is 0.846. The van der Waals surface area contributed by atoms with E-state index < -0.39 is 0 Å². The van der Waals surface area contributed by atoms with Crippen LogP contribution >= 0.6 is 0 Å². The molecule has 0 rings (SSSR count). The Morgan fingerprint density at radius 3 is 2.15 bits per heavy atom. The summed E-state index contributed by atoms with van der Waals surface area (Å²) in [7, 11) is 3.44. The first kappa shape index (κ1) is 18.8. The van der Waals surface area contributed by atoms with E-state index in [1.807, 2.05) is 7.05 Å². The summed E-state index contributed by atoms with van der Waals surface area (Å²) in [6.45, 7) is 3.39. The maximum Gasteiger partial charge on any atom is 0.220 e. The zero-order valence-corrected chi connectivity index (χ0v) is 12.5. The van der Waals surface area contributed by atoms with Gasteiger partial charge in [-0.15, -0.1) is 0 Å². The van der Waals surface area contributed by atoms with Crippen LogP contribution in [0.4, 0.5) is 0 Å². The molecule has 7 nitrogen and oxygen atoms in total. The number of rotatable bonds is 13. The van der Waals surface area contributed by atoms with Gasteiger partial charge >= 0.3 is 0 Å². The lowest BCUT2D eigenvalue weighted by atomic mass is 10.2. The number of methoxy groups -OCH3 is 1. The Kier molecular flexibility index (Phi) is 13.4. The van der Waals surface area contributed by atoms with Gasteiger partial charge in [-0.05, 0) is 13.5 Å². The van der Waals surface area contributed by atoms with Gasteiger partial charge in [0.25, 0.3) is 0 Å². The third-order valence-electron chi connectivity index (χ3n) is 2.51. The number of ether oxygens (including phenoxy) is 2. The minimum atomic E-state index is -0.0524. The normalized spacial score (nSPS) is 10.3. The lowest BCUT2D eigenvalue weighted by Crippen LogP contribution is -2.31. The smallest absolute Gasteiger partial charge is 0.220 e. The molecule has 20 heavy (non-hydrogen) atoms. The molecule has 7 heteroatoms. The summed E-state index contributed by atoms with van der Waals surface area (Å²) in [4.78, 5) is 22.8. The van der Waals surface area contributed by atoms with E-state index in [9.17, 15) is 9.59 Å². The molecular weight excluding hydrogens is 262 g/mol. The van der Waals surface area contributed by atoms with Gasteiger partial charge in [0.05, 0.1) is 19.8 Å². The van der Waals surface area contributed by atoms with Crippen molar-refractivity contribution in [1.82, 2.24) is 16.0 Å². The number of hydrogen-bond acceptors (Lipinski definition) is 5. The second-order valence-corrected chi connectivity index (χ2v) is 4.26. The van der Waals surface area contributed by atoms with E-state index in [4.69, 9.17) is 9.47 Å². The van der Waals surface area contributed by atoms with E-state index in [1.54, 1.807) is 7.11 Å². The minimum absolute atomic E-state index is 0.0176. The molecule has 0 aromatic rings. The lowest BCUT2D eigenvalue weighted by molar-refractivity contribution is -0.122. The number of nitrogens with one attached hydrogen (secondary N) is 3. The van der Waals surface area contributed by atoms with Gasteiger partial charge in [0, 0.05) is 39.6 Å². The van der Waals surface area contributed by atoms with Crippen molar-refractivity contribution in [2.75, 3.05) is 53.6 Å². The molecule has 0 aliphatic carbocycles. The van der Waals surface area contributed by atoms with E-state index >= 15 is 0 Å². The number of carbonyl (C=O) groups excluding carboxylic acids is 2. The van der Waals surface area contributed by atoms with Gasteiger partial charge < -0.3 is 25.4 Å². The van der Waals surface area contributed by atoms with Crippen LogP contribution in [0.15, 0.2) is 0 Å². The highest BCUT2D eigenvalue weighted by atomic mass is 16.5. The van der Waals surface area contributed by atoms with Gasteiger partial charge in [-0.3, -0.25) is 9.59 Å². The third-order valence-corrected chi connectivity index (χ3v) is 2.51. The molecule has 0 heterocycles. The summed E-state index contributed by atoms with van der Waals surface area (Å²) in [6.07, 6.45) is 1.29. The maximum absolute atomic E-state index is 11.4. The molecule has 0 aliphatic heterocycles. The maximum atomic E-state index is 11.4. The molecule has 0 aromatic carbocycles. The summed E-state index contributed by atoms with van der Waals surface area (Å²) < 4.78 is 10.0. The van der Waals surface area contributed by atoms with Crippen LogP contribution in [0, 0.1) is 0 Å². The molecule has 3 N–H and O–H groups in total. The molecule has 0 saturated heterocycles. The molecule has 0 saturated carbocycles. The number of likely N-dealkylation sites (N-methyl/N-ethyl adjacent to an activating group) is 1. The summed E-state index contributed by atoms with van der Waals surface area (Å²) >= 11 is 0. The van der Waals surface area contributed by atoms with E-state index in [2.05, 4.69) is 16.0 Å². The van der Waals surface area contributed by atoms with E-state index in [1.165, 1.54) is 0 Å². The lowest BCUT2D eigenvalue weighted by Gasteiger charge is -2.07.